The highest BCUT2D eigenvalue weighted by Gasteiger charge is 2.26. The SMILES string of the molecule is Cc1cnc(CNC2CCC(C)(C)CC2)cn1. The zero-order chi connectivity index (χ0) is 12.3. The maximum absolute atomic E-state index is 4.37. The molecule has 0 atom stereocenters. The third-order valence-electron chi connectivity index (χ3n) is 3.75. The van der Waals surface area contributed by atoms with Crippen LogP contribution in [0.5, 0.6) is 0 Å². The van der Waals surface area contributed by atoms with Crippen LogP contribution < -0.4 is 5.32 Å². The van der Waals surface area contributed by atoms with Crippen molar-refractivity contribution in [1.29, 1.82) is 0 Å². The van der Waals surface area contributed by atoms with Gasteiger partial charge in [0.1, 0.15) is 0 Å². The van der Waals surface area contributed by atoms with Crippen molar-refractivity contribution < 1.29 is 0 Å². The van der Waals surface area contributed by atoms with Crippen molar-refractivity contribution in [2.24, 2.45) is 5.41 Å². The summed E-state index contributed by atoms with van der Waals surface area (Å²) in [6.07, 6.45) is 8.92. The molecule has 0 amide bonds. The minimum absolute atomic E-state index is 0.543. The van der Waals surface area contributed by atoms with E-state index in [4.69, 9.17) is 0 Å². The van der Waals surface area contributed by atoms with Gasteiger partial charge in [-0.1, -0.05) is 13.8 Å². The minimum Gasteiger partial charge on any atom is -0.308 e. The van der Waals surface area contributed by atoms with E-state index in [1.54, 1.807) is 0 Å². The van der Waals surface area contributed by atoms with E-state index in [1.807, 2.05) is 19.3 Å². The fourth-order valence-corrected chi connectivity index (χ4v) is 2.36. The average Bonchev–Trinajstić information content (AvgIpc) is 2.30. The molecule has 3 heteroatoms. The number of hydrogen-bond donors (Lipinski definition) is 1. The Balaban J connectivity index is 1.78. The van der Waals surface area contributed by atoms with E-state index in [0.717, 1.165) is 17.9 Å². The predicted octanol–water partition coefficient (Wildman–Crippen LogP) is 2.84. The summed E-state index contributed by atoms with van der Waals surface area (Å²) in [4.78, 5) is 8.63. The third kappa shape index (κ3) is 3.77. The molecule has 1 N–H and O–H groups in total. The van der Waals surface area contributed by atoms with E-state index in [2.05, 4.69) is 29.1 Å². The van der Waals surface area contributed by atoms with Gasteiger partial charge in [-0.15, -0.1) is 0 Å². The highest BCUT2D eigenvalue weighted by Crippen LogP contribution is 2.34. The Morgan fingerprint density at radius 3 is 2.53 bits per heavy atom. The summed E-state index contributed by atoms with van der Waals surface area (Å²) in [7, 11) is 0. The second-order valence-electron chi connectivity index (χ2n) is 5.97. The van der Waals surface area contributed by atoms with Crippen LogP contribution in [0.25, 0.3) is 0 Å². The Kier molecular flexibility index (Phi) is 3.77. The fraction of sp³-hybridized carbons (Fsp3) is 0.714. The minimum atomic E-state index is 0.543. The van der Waals surface area contributed by atoms with Crippen LogP contribution in [0.15, 0.2) is 12.4 Å². The first kappa shape index (κ1) is 12.5. The van der Waals surface area contributed by atoms with Gasteiger partial charge in [-0.3, -0.25) is 9.97 Å². The summed E-state index contributed by atoms with van der Waals surface area (Å²) in [5, 5.41) is 3.59. The molecule has 3 nitrogen and oxygen atoms in total. The molecule has 0 bridgehead atoms. The molecule has 1 saturated carbocycles. The highest BCUT2D eigenvalue weighted by atomic mass is 14.9. The number of nitrogens with zero attached hydrogens (tertiary/aromatic N) is 2. The van der Waals surface area contributed by atoms with Crippen LogP contribution in [0.3, 0.4) is 0 Å². The molecule has 94 valence electrons. The zero-order valence-corrected chi connectivity index (χ0v) is 11.2. The van der Waals surface area contributed by atoms with Crippen molar-refractivity contribution in [3.8, 4) is 0 Å². The van der Waals surface area contributed by atoms with Gasteiger partial charge in [0, 0.05) is 25.0 Å². The fourth-order valence-electron chi connectivity index (χ4n) is 2.36. The van der Waals surface area contributed by atoms with Gasteiger partial charge in [-0.25, -0.2) is 0 Å². The van der Waals surface area contributed by atoms with Crippen LogP contribution in [0, 0.1) is 12.3 Å². The van der Waals surface area contributed by atoms with Crippen LogP contribution in [0.2, 0.25) is 0 Å². The Labute approximate surface area is 104 Å². The molecule has 0 unspecified atom stereocenters. The van der Waals surface area contributed by atoms with Crippen molar-refractivity contribution >= 4 is 0 Å². The molecule has 1 heterocycles. The van der Waals surface area contributed by atoms with E-state index in [0.29, 0.717) is 11.5 Å². The maximum Gasteiger partial charge on any atom is 0.0724 e. The maximum atomic E-state index is 4.37. The number of rotatable bonds is 3. The van der Waals surface area contributed by atoms with E-state index in [1.165, 1.54) is 25.7 Å². The van der Waals surface area contributed by atoms with Gasteiger partial charge in [0.2, 0.25) is 0 Å². The van der Waals surface area contributed by atoms with Gasteiger partial charge >= 0.3 is 0 Å². The van der Waals surface area contributed by atoms with Crippen molar-refractivity contribution in [3.05, 3.63) is 23.8 Å². The number of aromatic nitrogens is 2. The summed E-state index contributed by atoms with van der Waals surface area (Å²) >= 11 is 0. The molecule has 0 aromatic carbocycles. The van der Waals surface area contributed by atoms with Crippen molar-refractivity contribution in [2.45, 2.75) is 59.0 Å². The summed E-state index contributed by atoms with van der Waals surface area (Å²) in [6.45, 7) is 7.55. The van der Waals surface area contributed by atoms with Crippen molar-refractivity contribution in [3.63, 3.8) is 0 Å². The second kappa shape index (κ2) is 5.13. The second-order valence-corrected chi connectivity index (χ2v) is 5.97. The molecule has 1 fully saturated rings. The highest BCUT2D eigenvalue weighted by molar-refractivity contribution is 5.00. The van der Waals surface area contributed by atoms with Crippen molar-refractivity contribution in [1.82, 2.24) is 15.3 Å². The lowest BCUT2D eigenvalue weighted by molar-refractivity contribution is 0.205. The van der Waals surface area contributed by atoms with Crippen molar-refractivity contribution in [2.75, 3.05) is 0 Å². The molecule has 0 spiro atoms. The summed E-state index contributed by atoms with van der Waals surface area (Å²) in [6, 6.07) is 0.658. The summed E-state index contributed by atoms with van der Waals surface area (Å²) in [5.41, 5.74) is 2.57. The summed E-state index contributed by atoms with van der Waals surface area (Å²) < 4.78 is 0. The Hall–Kier alpha value is -0.960. The molecule has 0 saturated heterocycles. The molecule has 1 aromatic rings. The smallest absolute Gasteiger partial charge is 0.0724 e. The molecule has 1 aromatic heterocycles. The zero-order valence-electron chi connectivity index (χ0n) is 11.2. The largest absolute Gasteiger partial charge is 0.308 e. The lowest BCUT2D eigenvalue weighted by atomic mass is 9.75. The van der Waals surface area contributed by atoms with Gasteiger partial charge in [0.05, 0.1) is 11.4 Å². The van der Waals surface area contributed by atoms with Gasteiger partial charge in [0.25, 0.3) is 0 Å². The molecular formula is C14H23N3. The molecule has 0 radical (unpaired) electrons. The average molecular weight is 233 g/mol. The van der Waals surface area contributed by atoms with Gasteiger partial charge in [-0.05, 0) is 38.0 Å². The third-order valence-corrected chi connectivity index (χ3v) is 3.75. The van der Waals surface area contributed by atoms with E-state index in [9.17, 15) is 0 Å². The first-order chi connectivity index (χ1) is 8.05. The molecule has 2 rings (SSSR count). The molecular weight excluding hydrogens is 210 g/mol. The number of nitrogens with one attached hydrogen (secondary N) is 1. The lowest BCUT2D eigenvalue weighted by Crippen LogP contribution is -2.35. The standard InChI is InChI=1S/C14H23N3/c1-11-8-16-13(9-15-11)10-17-12-4-6-14(2,3)7-5-12/h8-9,12,17H,4-7,10H2,1-3H3. The molecule has 1 aliphatic rings. The van der Waals surface area contributed by atoms with Crippen LogP contribution in [0.1, 0.15) is 50.9 Å². The van der Waals surface area contributed by atoms with Gasteiger partial charge < -0.3 is 5.32 Å². The Morgan fingerprint density at radius 1 is 1.24 bits per heavy atom. The monoisotopic (exact) mass is 233 g/mol. The predicted molar refractivity (Wildman–Crippen MR) is 69.6 cm³/mol. The normalized spacial score (nSPS) is 20.4. The van der Waals surface area contributed by atoms with Crippen LogP contribution in [0.4, 0.5) is 0 Å². The molecule has 17 heavy (non-hydrogen) atoms. The van der Waals surface area contributed by atoms with Crippen LogP contribution in [-0.2, 0) is 6.54 Å². The molecule has 0 aliphatic heterocycles. The lowest BCUT2D eigenvalue weighted by Gasteiger charge is -2.34. The quantitative estimate of drug-likeness (QED) is 0.872. The first-order valence-corrected chi connectivity index (χ1v) is 6.56. The first-order valence-electron chi connectivity index (χ1n) is 6.56. The van der Waals surface area contributed by atoms with E-state index in [-0.39, 0.29) is 0 Å². The van der Waals surface area contributed by atoms with E-state index >= 15 is 0 Å². The summed E-state index contributed by atoms with van der Waals surface area (Å²) in [5.74, 6) is 0. The van der Waals surface area contributed by atoms with E-state index < -0.39 is 0 Å². The number of hydrogen-bond acceptors (Lipinski definition) is 3. The topological polar surface area (TPSA) is 37.8 Å². The van der Waals surface area contributed by atoms with Crippen LogP contribution >= 0.6 is 0 Å². The number of aryl methyl sites for hydroxylation is 1. The Morgan fingerprint density at radius 2 is 1.94 bits per heavy atom. The Bertz CT molecular complexity index is 346. The van der Waals surface area contributed by atoms with Gasteiger partial charge in [0.15, 0.2) is 0 Å². The van der Waals surface area contributed by atoms with Crippen LogP contribution in [-0.4, -0.2) is 16.0 Å². The van der Waals surface area contributed by atoms with Gasteiger partial charge in [-0.2, -0.15) is 0 Å². The molecule has 1 aliphatic carbocycles.